The fourth-order valence-corrected chi connectivity index (χ4v) is 13.5. The summed E-state index contributed by atoms with van der Waals surface area (Å²) in [5, 5.41) is 8.46. The molecule has 1 aliphatic rings. The molecule has 0 radical (unpaired) electrons. The maximum absolute atomic E-state index is 2.53. The summed E-state index contributed by atoms with van der Waals surface area (Å²) >= 11 is 3.84. The van der Waals surface area contributed by atoms with Gasteiger partial charge in [0, 0.05) is 47.0 Å². The Bertz CT molecular complexity index is 2700. The van der Waals surface area contributed by atoms with Crippen molar-refractivity contribution >= 4 is 98.5 Å². The second-order valence-corrected chi connectivity index (χ2v) is 19.8. The Labute approximate surface area is 289 Å². The van der Waals surface area contributed by atoms with Gasteiger partial charge in [-0.25, -0.2) is 0 Å². The second-order valence-electron chi connectivity index (χ2n) is 13.3. The SMILES string of the molecule is C[Si]1(C)c2cc(N(c3ccc(-c4ccccc4)cc3)c3cccc4c3sc3ccccc34)ccc2-c2c1ccc1c2sc2ccccc21. The quantitative estimate of drug-likeness (QED) is 0.169. The molecule has 0 saturated carbocycles. The van der Waals surface area contributed by atoms with E-state index in [2.05, 4.69) is 170 Å². The van der Waals surface area contributed by atoms with Crippen molar-refractivity contribution in [1.29, 1.82) is 0 Å². The Morgan fingerprint density at radius 3 is 1.81 bits per heavy atom. The van der Waals surface area contributed by atoms with Crippen LogP contribution in [0.1, 0.15) is 0 Å². The predicted octanol–water partition coefficient (Wildman–Crippen LogP) is 12.4. The fraction of sp³-hybridized carbons (Fsp3) is 0.0455. The molecule has 228 valence electrons. The summed E-state index contributed by atoms with van der Waals surface area (Å²) in [5.74, 6) is 0. The Morgan fingerprint density at radius 2 is 1.06 bits per heavy atom. The van der Waals surface area contributed by atoms with E-state index in [1.54, 1.807) is 5.19 Å². The largest absolute Gasteiger partial charge is 0.309 e. The maximum Gasteiger partial charge on any atom is 0.114 e. The minimum absolute atomic E-state index is 1.17. The molecule has 0 aliphatic carbocycles. The number of thiophene rings is 2. The molecular formula is C44H31NS2Si. The van der Waals surface area contributed by atoms with Gasteiger partial charge in [0.25, 0.3) is 0 Å². The van der Waals surface area contributed by atoms with Gasteiger partial charge < -0.3 is 4.90 Å². The molecule has 0 saturated heterocycles. The minimum atomic E-state index is -1.98. The molecule has 0 fully saturated rings. The number of hydrogen-bond acceptors (Lipinski definition) is 3. The summed E-state index contributed by atoms with van der Waals surface area (Å²) in [5.41, 5.74) is 8.96. The molecule has 10 rings (SSSR count). The molecule has 7 aromatic carbocycles. The lowest BCUT2D eigenvalue weighted by Gasteiger charge is -2.28. The Hall–Kier alpha value is -5.00. The molecule has 0 bridgehead atoms. The van der Waals surface area contributed by atoms with Crippen molar-refractivity contribution < 1.29 is 0 Å². The molecule has 48 heavy (non-hydrogen) atoms. The molecule has 0 atom stereocenters. The van der Waals surface area contributed by atoms with E-state index < -0.39 is 8.07 Å². The van der Waals surface area contributed by atoms with Crippen LogP contribution in [0.25, 0.3) is 62.6 Å². The molecular weight excluding hydrogens is 635 g/mol. The Balaban J connectivity index is 1.19. The average molecular weight is 666 g/mol. The predicted molar refractivity (Wildman–Crippen MR) is 215 cm³/mol. The van der Waals surface area contributed by atoms with E-state index in [1.165, 1.54) is 84.8 Å². The third-order valence-corrected chi connectivity index (χ3v) is 16.2. The number of hydrogen-bond donors (Lipinski definition) is 0. The van der Waals surface area contributed by atoms with Gasteiger partial charge in [0.15, 0.2) is 0 Å². The van der Waals surface area contributed by atoms with Gasteiger partial charge in [0.1, 0.15) is 8.07 Å². The zero-order valence-electron chi connectivity index (χ0n) is 26.7. The normalized spacial score (nSPS) is 13.4. The van der Waals surface area contributed by atoms with Gasteiger partial charge in [-0.1, -0.05) is 122 Å². The van der Waals surface area contributed by atoms with Gasteiger partial charge in [-0.15, -0.1) is 22.7 Å². The van der Waals surface area contributed by atoms with Gasteiger partial charge in [-0.2, -0.15) is 0 Å². The van der Waals surface area contributed by atoms with Crippen LogP contribution in [0.15, 0.2) is 152 Å². The highest BCUT2D eigenvalue weighted by Gasteiger charge is 2.39. The van der Waals surface area contributed by atoms with Crippen LogP contribution >= 0.6 is 22.7 Å². The van der Waals surface area contributed by atoms with E-state index in [4.69, 9.17) is 0 Å². The summed E-state index contributed by atoms with van der Waals surface area (Å²) in [6.45, 7) is 5.07. The maximum atomic E-state index is 2.53. The number of benzene rings is 7. The van der Waals surface area contributed by atoms with Crippen LogP contribution in [-0.2, 0) is 0 Å². The van der Waals surface area contributed by atoms with E-state index >= 15 is 0 Å². The van der Waals surface area contributed by atoms with Gasteiger partial charge in [0.05, 0.1) is 10.4 Å². The molecule has 3 heterocycles. The summed E-state index contributed by atoms with van der Waals surface area (Å²) in [7, 11) is -1.98. The van der Waals surface area contributed by atoms with Crippen LogP contribution in [-0.4, -0.2) is 8.07 Å². The minimum Gasteiger partial charge on any atom is -0.309 e. The lowest BCUT2D eigenvalue weighted by molar-refractivity contribution is 1.30. The first-order valence-electron chi connectivity index (χ1n) is 16.5. The third kappa shape index (κ3) is 4.07. The van der Waals surface area contributed by atoms with Gasteiger partial charge in [0.2, 0.25) is 0 Å². The van der Waals surface area contributed by atoms with E-state index in [9.17, 15) is 0 Å². The van der Waals surface area contributed by atoms with Crippen molar-refractivity contribution in [2.75, 3.05) is 4.90 Å². The van der Waals surface area contributed by atoms with Crippen LogP contribution < -0.4 is 15.3 Å². The number of nitrogens with zero attached hydrogens (tertiary/aromatic N) is 1. The van der Waals surface area contributed by atoms with Crippen LogP contribution in [0, 0.1) is 0 Å². The summed E-state index contributed by atoms with van der Waals surface area (Å²) in [4.78, 5) is 2.50. The molecule has 9 aromatic rings. The lowest BCUT2D eigenvalue weighted by Crippen LogP contribution is -2.49. The number of fused-ring (bicyclic) bond motifs is 10. The second kappa shape index (κ2) is 10.5. The van der Waals surface area contributed by atoms with E-state index in [0.29, 0.717) is 0 Å². The van der Waals surface area contributed by atoms with E-state index in [1.807, 2.05) is 22.7 Å². The van der Waals surface area contributed by atoms with Crippen LogP contribution in [0.3, 0.4) is 0 Å². The highest BCUT2D eigenvalue weighted by molar-refractivity contribution is 7.27. The van der Waals surface area contributed by atoms with Crippen molar-refractivity contribution in [2.24, 2.45) is 0 Å². The van der Waals surface area contributed by atoms with Crippen molar-refractivity contribution in [2.45, 2.75) is 13.1 Å². The molecule has 0 spiro atoms. The van der Waals surface area contributed by atoms with E-state index in [-0.39, 0.29) is 0 Å². The fourth-order valence-electron chi connectivity index (χ4n) is 7.90. The standard InChI is InChI=1S/C44H31NS2Si/c1-48(2)40-26-25-35-33-14-7-9-18-39(33)47-44(35)42(40)36-24-23-31(27-41(36)48)45(30-21-19-29(20-22-30)28-11-4-3-5-12-28)37-16-10-15-34-32-13-6-8-17-38(32)46-43(34)37/h3-27H,1-2H3. The molecule has 1 aliphatic heterocycles. The van der Waals surface area contributed by atoms with Crippen molar-refractivity contribution in [3.8, 4) is 22.3 Å². The highest BCUT2D eigenvalue weighted by atomic mass is 32.1. The zero-order chi connectivity index (χ0) is 32.0. The lowest BCUT2D eigenvalue weighted by atomic mass is 10.0. The third-order valence-electron chi connectivity index (χ3n) is 10.3. The first-order chi connectivity index (χ1) is 23.6. The van der Waals surface area contributed by atoms with Crippen LogP contribution in [0.5, 0.6) is 0 Å². The van der Waals surface area contributed by atoms with Gasteiger partial charge >= 0.3 is 0 Å². The van der Waals surface area contributed by atoms with Crippen molar-refractivity contribution in [3.05, 3.63) is 152 Å². The van der Waals surface area contributed by atoms with Crippen molar-refractivity contribution in [3.63, 3.8) is 0 Å². The highest BCUT2D eigenvalue weighted by Crippen LogP contribution is 2.47. The Morgan fingerprint density at radius 1 is 0.458 bits per heavy atom. The molecule has 0 amide bonds. The monoisotopic (exact) mass is 665 g/mol. The topological polar surface area (TPSA) is 3.24 Å². The average Bonchev–Trinajstić information content (AvgIpc) is 3.77. The van der Waals surface area contributed by atoms with Crippen LogP contribution in [0.4, 0.5) is 17.1 Å². The molecule has 2 aromatic heterocycles. The summed E-state index contributed by atoms with van der Waals surface area (Å²) in [6, 6.07) is 56.4. The molecule has 0 unspecified atom stereocenters. The summed E-state index contributed by atoms with van der Waals surface area (Å²) in [6.07, 6.45) is 0. The van der Waals surface area contributed by atoms with E-state index in [0.717, 1.165) is 0 Å². The van der Waals surface area contributed by atoms with Gasteiger partial charge in [-0.3, -0.25) is 0 Å². The number of rotatable bonds is 4. The Kier molecular flexibility index (Phi) is 6.13. The first-order valence-corrected chi connectivity index (χ1v) is 21.1. The van der Waals surface area contributed by atoms with Crippen molar-refractivity contribution in [1.82, 2.24) is 0 Å². The molecule has 1 nitrogen and oxygen atoms in total. The zero-order valence-corrected chi connectivity index (χ0v) is 29.3. The van der Waals surface area contributed by atoms with Crippen LogP contribution in [0.2, 0.25) is 13.1 Å². The smallest absolute Gasteiger partial charge is 0.114 e. The summed E-state index contributed by atoms with van der Waals surface area (Å²) < 4.78 is 5.44. The number of anilines is 3. The molecule has 0 N–H and O–H groups in total. The van der Waals surface area contributed by atoms with Gasteiger partial charge in [-0.05, 0) is 75.1 Å². The molecule has 4 heteroatoms. The first kappa shape index (κ1) is 28.0.